The van der Waals surface area contributed by atoms with Crippen molar-refractivity contribution in [3.05, 3.63) is 46.0 Å². The molecule has 0 bridgehead atoms. The van der Waals surface area contributed by atoms with Gasteiger partial charge >= 0.3 is 5.69 Å². The van der Waals surface area contributed by atoms with Crippen molar-refractivity contribution in [3.63, 3.8) is 0 Å². The molecule has 23 heavy (non-hydrogen) atoms. The standard InChI is InChI=1S/C17H14N2O4/c1-23-13-8-12-14-11(16(13)19(21)22)6-7-18-15(14)9-4-2-3-5-10(9)17(12)20/h2-5,8,18,20H,6-7H2,1H3. The summed E-state index contributed by atoms with van der Waals surface area (Å²) in [6, 6.07) is 9.03. The lowest BCUT2D eigenvalue weighted by Gasteiger charge is -2.23. The van der Waals surface area contributed by atoms with Crippen molar-refractivity contribution in [1.29, 1.82) is 0 Å². The summed E-state index contributed by atoms with van der Waals surface area (Å²) >= 11 is 0. The fourth-order valence-corrected chi connectivity index (χ4v) is 3.46. The van der Waals surface area contributed by atoms with Crippen LogP contribution in [0, 0.1) is 10.1 Å². The Bertz CT molecular complexity index is 982. The van der Waals surface area contributed by atoms with Crippen LogP contribution in [0.3, 0.4) is 0 Å². The molecule has 0 saturated heterocycles. The predicted molar refractivity (Wildman–Crippen MR) is 88.5 cm³/mol. The number of rotatable bonds is 2. The van der Waals surface area contributed by atoms with Crippen molar-refractivity contribution >= 4 is 32.9 Å². The molecule has 116 valence electrons. The summed E-state index contributed by atoms with van der Waals surface area (Å²) in [7, 11) is 1.40. The van der Waals surface area contributed by atoms with Gasteiger partial charge in [-0.25, -0.2) is 0 Å². The average Bonchev–Trinajstić information content (AvgIpc) is 2.58. The lowest BCUT2D eigenvalue weighted by Crippen LogP contribution is -2.14. The van der Waals surface area contributed by atoms with Crippen molar-refractivity contribution in [3.8, 4) is 11.5 Å². The first-order valence-corrected chi connectivity index (χ1v) is 7.29. The van der Waals surface area contributed by atoms with Gasteiger partial charge in [0.05, 0.1) is 17.7 Å². The second-order valence-electron chi connectivity index (χ2n) is 5.53. The number of hydrogen-bond acceptors (Lipinski definition) is 5. The summed E-state index contributed by atoms with van der Waals surface area (Å²) < 4.78 is 5.22. The average molecular weight is 310 g/mol. The van der Waals surface area contributed by atoms with Gasteiger partial charge in [-0.05, 0) is 12.5 Å². The molecule has 0 amide bonds. The number of nitrogens with one attached hydrogen (secondary N) is 1. The third-order valence-corrected chi connectivity index (χ3v) is 4.40. The second kappa shape index (κ2) is 4.74. The number of hydrogen-bond donors (Lipinski definition) is 2. The first kappa shape index (κ1) is 13.6. The number of aromatic hydroxyl groups is 1. The summed E-state index contributed by atoms with van der Waals surface area (Å²) in [6.07, 6.45) is 0.509. The van der Waals surface area contributed by atoms with E-state index in [0.717, 1.165) is 11.1 Å². The van der Waals surface area contributed by atoms with Gasteiger partial charge in [-0.3, -0.25) is 10.1 Å². The minimum absolute atomic E-state index is 0.0163. The maximum atomic E-state index is 11.5. The molecule has 2 N–H and O–H groups in total. The van der Waals surface area contributed by atoms with Gasteiger partial charge in [0.1, 0.15) is 5.75 Å². The molecule has 1 heterocycles. The van der Waals surface area contributed by atoms with E-state index in [1.807, 2.05) is 24.3 Å². The minimum Gasteiger partial charge on any atom is -0.507 e. The van der Waals surface area contributed by atoms with Crippen molar-refractivity contribution in [2.45, 2.75) is 6.42 Å². The first-order chi connectivity index (χ1) is 11.1. The third kappa shape index (κ3) is 1.75. The molecule has 4 rings (SSSR count). The Kier molecular flexibility index (Phi) is 2.81. The third-order valence-electron chi connectivity index (χ3n) is 4.40. The van der Waals surface area contributed by atoms with Crippen LogP contribution in [-0.2, 0) is 6.42 Å². The zero-order chi connectivity index (χ0) is 16.1. The molecule has 0 radical (unpaired) electrons. The molecule has 0 aromatic heterocycles. The Morgan fingerprint density at radius 3 is 2.70 bits per heavy atom. The highest BCUT2D eigenvalue weighted by Crippen LogP contribution is 2.49. The van der Waals surface area contributed by atoms with Crippen LogP contribution >= 0.6 is 0 Å². The van der Waals surface area contributed by atoms with Crippen LogP contribution in [0.2, 0.25) is 0 Å². The zero-order valence-corrected chi connectivity index (χ0v) is 12.4. The summed E-state index contributed by atoms with van der Waals surface area (Å²) in [5, 5.41) is 28.4. The van der Waals surface area contributed by atoms with E-state index < -0.39 is 4.92 Å². The quantitative estimate of drug-likeness (QED) is 0.327. The number of anilines is 1. The number of phenols is 1. The van der Waals surface area contributed by atoms with E-state index in [2.05, 4.69) is 5.32 Å². The molecule has 0 fully saturated rings. The highest BCUT2D eigenvalue weighted by molar-refractivity contribution is 6.18. The van der Waals surface area contributed by atoms with Gasteiger partial charge < -0.3 is 15.2 Å². The van der Waals surface area contributed by atoms with Crippen LogP contribution in [0.4, 0.5) is 11.4 Å². The van der Waals surface area contributed by atoms with Crippen molar-refractivity contribution in [1.82, 2.24) is 0 Å². The lowest BCUT2D eigenvalue weighted by molar-refractivity contribution is -0.386. The lowest BCUT2D eigenvalue weighted by atomic mass is 9.91. The topological polar surface area (TPSA) is 84.6 Å². The molecule has 0 saturated carbocycles. The van der Waals surface area contributed by atoms with Gasteiger partial charge in [0, 0.05) is 33.7 Å². The predicted octanol–water partition coefficient (Wildman–Crippen LogP) is 3.58. The molecule has 0 unspecified atom stereocenters. The van der Waals surface area contributed by atoms with Gasteiger partial charge in [-0.15, -0.1) is 0 Å². The van der Waals surface area contributed by atoms with Crippen LogP contribution in [0.25, 0.3) is 21.5 Å². The van der Waals surface area contributed by atoms with Crippen LogP contribution in [0.15, 0.2) is 30.3 Å². The van der Waals surface area contributed by atoms with E-state index in [9.17, 15) is 15.2 Å². The number of fused-ring (bicyclic) bond motifs is 2. The van der Waals surface area contributed by atoms with Crippen LogP contribution in [0.1, 0.15) is 5.56 Å². The van der Waals surface area contributed by atoms with Crippen molar-refractivity contribution in [2.75, 3.05) is 19.0 Å². The molecular weight excluding hydrogens is 296 g/mol. The molecular formula is C17H14N2O4. The minimum atomic E-state index is -0.408. The molecule has 0 spiro atoms. The van der Waals surface area contributed by atoms with Gasteiger partial charge in [-0.1, -0.05) is 24.3 Å². The van der Waals surface area contributed by atoms with Gasteiger partial charge in [0.15, 0.2) is 5.75 Å². The molecule has 0 aliphatic carbocycles. The Labute approximate surface area is 131 Å². The number of nitrogens with zero attached hydrogens (tertiary/aromatic N) is 1. The fourth-order valence-electron chi connectivity index (χ4n) is 3.46. The van der Waals surface area contributed by atoms with E-state index in [0.29, 0.717) is 34.7 Å². The highest BCUT2D eigenvalue weighted by Gasteiger charge is 2.29. The van der Waals surface area contributed by atoms with E-state index >= 15 is 0 Å². The van der Waals surface area contributed by atoms with Crippen molar-refractivity contribution < 1.29 is 14.8 Å². The number of phenolic OH excluding ortho intramolecular Hbond substituents is 1. The van der Waals surface area contributed by atoms with Gasteiger partial charge in [0.2, 0.25) is 0 Å². The van der Waals surface area contributed by atoms with Gasteiger partial charge in [0.25, 0.3) is 0 Å². The normalized spacial score (nSPS) is 13.1. The molecule has 6 heteroatoms. The zero-order valence-electron chi connectivity index (χ0n) is 12.4. The maximum absolute atomic E-state index is 11.5. The highest BCUT2D eigenvalue weighted by atomic mass is 16.6. The maximum Gasteiger partial charge on any atom is 0.314 e. The number of nitro benzene ring substituents is 1. The molecule has 6 nitrogen and oxygen atoms in total. The van der Waals surface area contributed by atoms with Crippen LogP contribution in [-0.4, -0.2) is 23.7 Å². The summed E-state index contributed by atoms with van der Waals surface area (Å²) in [5.41, 5.74) is 1.43. The Balaban J connectivity index is 2.30. The van der Waals surface area contributed by atoms with Crippen LogP contribution < -0.4 is 10.1 Å². The van der Waals surface area contributed by atoms with E-state index in [1.54, 1.807) is 6.07 Å². The first-order valence-electron chi connectivity index (χ1n) is 7.29. The summed E-state index contributed by atoms with van der Waals surface area (Å²) in [5.74, 6) is 0.299. The number of nitro groups is 1. The Hall–Kier alpha value is -3.02. The van der Waals surface area contributed by atoms with Gasteiger partial charge in [-0.2, -0.15) is 0 Å². The number of benzene rings is 3. The molecule has 3 aromatic carbocycles. The van der Waals surface area contributed by atoms with Crippen molar-refractivity contribution in [2.24, 2.45) is 0 Å². The largest absolute Gasteiger partial charge is 0.507 e. The Morgan fingerprint density at radius 1 is 1.26 bits per heavy atom. The number of methoxy groups -OCH3 is 1. The fraction of sp³-hybridized carbons (Fsp3) is 0.176. The smallest absolute Gasteiger partial charge is 0.314 e. The number of ether oxygens (including phenoxy) is 1. The Morgan fingerprint density at radius 2 is 2.00 bits per heavy atom. The molecule has 1 aliphatic rings. The summed E-state index contributed by atoms with van der Waals surface area (Å²) in [6.45, 7) is 0.602. The second-order valence-corrected chi connectivity index (χ2v) is 5.53. The monoisotopic (exact) mass is 310 g/mol. The molecule has 1 aliphatic heterocycles. The SMILES string of the molecule is COc1cc2c(O)c3ccccc3c3c2c(c1[N+](=O)[O-])CCN3. The van der Waals surface area contributed by atoms with Crippen LogP contribution in [0.5, 0.6) is 11.5 Å². The molecule has 0 atom stereocenters. The summed E-state index contributed by atoms with van der Waals surface area (Å²) in [4.78, 5) is 11.1. The van der Waals surface area contributed by atoms with E-state index in [4.69, 9.17) is 4.74 Å². The molecule has 3 aromatic rings. The van der Waals surface area contributed by atoms with E-state index in [-0.39, 0.29) is 17.2 Å². The van der Waals surface area contributed by atoms with E-state index in [1.165, 1.54) is 7.11 Å².